The number of fused-ring (bicyclic) bond motifs is 3. The Morgan fingerprint density at radius 3 is 2.39 bits per heavy atom. The van der Waals surface area contributed by atoms with Crippen LogP contribution in [0.3, 0.4) is 0 Å². The molecule has 0 fully saturated rings. The number of carboxylic acid groups (broad SMARTS) is 2. The normalized spacial score (nSPS) is 17.5. The number of aromatic nitrogens is 1. The van der Waals surface area contributed by atoms with Crippen molar-refractivity contribution in [2.24, 2.45) is 0 Å². The van der Waals surface area contributed by atoms with E-state index >= 15 is 0 Å². The highest BCUT2D eigenvalue weighted by Crippen LogP contribution is 2.42. The van der Waals surface area contributed by atoms with Crippen LogP contribution in [-0.4, -0.2) is 33.7 Å². The van der Waals surface area contributed by atoms with E-state index in [0.29, 0.717) is 13.0 Å². The van der Waals surface area contributed by atoms with Crippen LogP contribution < -0.4 is 0 Å². The van der Waals surface area contributed by atoms with Crippen molar-refractivity contribution >= 4 is 22.8 Å². The topological polar surface area (TPSA) is 99.6 Å². The molecule has 2 aromatic carbocycles. The summed E-state index contributed by atoms with van der Waals surface area (Å²) >= 11 is 0. The number of carboxylic acids is 2. The minimum absolute atomic E-state index is 0.00474. The van der Waals surface area contributed by atoms with Gasteiger partial charge in [-0.2, -0.15) is 0 Å². The van der Waals surface area contributed by atoms with Crippen molar-refractivity contribution in [2.45, 2.75) is 51.6 Å². The maximum absolute atomic E-state index is 11.3. The fourth-order valence-corrected chi connectivity index (χ4v) is 4.26. The smallest absolute Gasteiger partial charge is 0.307 e. The number of carbonyl (C=O) groups is 2. The van der Waals surface area contributed by atoms with Gasteiger partial charge in [0.25, 0.3) is 0 Å². The van der Waals surface area contributed by atoms with Crippen molar-refractivity contribution < 1.29 is 24.5 Å². The van der Waals surface area contributed by atoms with Gasteiger partial charge in [0.1, 0.15) is 5.60 Å². The molecule has 4 rings (SSSR count). The van der Waals surface area contributed by atoms with Crippen LogP contribution in [0.1, 0.15) is 49.1 Å². The Morgan fingerprint density at radius 2 is 1.77 bits per heavy atom. The van der Waals surface area contributed by atoms with Gasteiger partial charge in [-0.1, -0.05) is 62.4 Å². The molecule has 0 radical (unpaired) electrons. The Bertz CT molecular complexity index is 1060. The first-order chi connectivity index (χ1) is 14.9. The lowest BCUT2D eigenvalue weighted by molar-refractivity contribution is -0.148. The molecule has 3 aromatic rings. The molecule has 1 atom stereocenters. The van der Waals surface area contributed by atoms with Crippen LogP contribution in [0.2, 0.25) is 0 Å². The molecule has 31 heavy (non-hydrogen) atoms. The second-order valence-electron chi connectivity index (χ2n) is 7.74. The minimum atomic E-state index is -0.820. The van der Waals surface area contributed by atoms with Crippen LogP contribution in [0.4, 0.5) is 0 Å². The van der Waals surface area contributed by atoms with Crippen LogP contribution in [0, 0.1) is 0 Å². The molecule has 0 saturated heterocycles. The van der Waals surface area contributed by atoms with Gasteiger partial charge in [-0.3, -0.25) is 9.59 Å². The molecule has 3 N–H and O–H groups in total. The van der Waals surface area contributed by atoms with E-state index in [1.54, 1.807) is 12.1 Å². The summed E-state index contributed by atoms with van der Waals surface area (Å²) in [5.74, 6) is -1.61. The van der Waals surface area contributed by atoms with Crippen LogP contribution in [0.25, 0.3) is 10.9 Å². The Balaban J connectivity index is 0.000000229. The molecular weight excluding hydrogens is 394 g/mol. The van der Waals surface area contributed by atoms with E-state index in [9.17, 15) is 14.7 Å². The molecule has 0 saturated carbocycles. The number of rotatable bonds is 6. The first kappa shape index (κ1) is 22.6. The molecule has 1 unspecified atom stereocenters. The SMILES string of the molecule is CCc1cccc2c3c([nH]c12)C(CC)(CC(=O)O)OCC3.O=C(O)Cc1ccccc1. The van der Waals surface area contributed by atoms with Crippen molar-refractivity contribution in [3.63, 3.8) is 0 Å². The van der Waals surface area contributed by atoms with Gasteiger partial charge in [-0.05, 0) is 36.0 Å². The average molecular weight is 424 g/mol. The van der Waals surface area contributed by atoms with Crippen molar-refractivity contribution in [3.05, 3.63) is 70.9 Å². The third kappa shape index (κ3) is 4.97. The standard InChI is InChI=1S/C17H21NO3.C8H8O2/c1-3-11-6-5-7-12-13-8-9-21-17(4-2,10-14(19)20)16(13)18-15(11)12;9-8(10)6-7-4-2-1-3-5-7/h5-7,18H,3-4,8-10H2,1-2H3,(H,19,20);1-5H,6H2,(H,9,10). The van der Waals surface area contributed by atoms with Crippen LogP contribution in [0.5, 0.6) is 0 Å². The highest BCUT2D eigenvalue weighted by Gasteiger charge is 2.40. The molecule has 164 valence electrons. The predicted molar refractivity (Wildman–Crippen MR) is 119 cm³/mol. The van der Waals surface area contributed by atoms with Gasteiger partial charge in [0.05, 0.1) is 25.1 Å². The lowest BCUT2D eigenvalue weighted by atomic mass is 9.86. The van der Waals surface area contributed by atoms with E-state index in [1.807, 2.05) is 25.1 Å². The van der Waals surface area contributed by atoms with E-state index in [0.717, 1.165) is 29.6 Å². The molecule has 1 aliphatic rings. The zero-order chi connectivity index (χ0) is 22.4. The third-order valence-corrected chi connectivity index (χ3v) is 5.80. The van der Waals surface area contributed by atoms with Gasteiger partial charge in [0, 0.05) is 10.9 Å². The fourth-order valence-electron chi connectivity index (χ4n) is 4.26. The fraction of sp³-hybridized carbons (Fsp3) is 0.360. The van der Waals surface area contributed by atoms with Crippen molar-refractivity contribution in [3.8, 4) is 0 Å². The largest absolute Gasteiger partial charge is 0.481 e. The molecule has 1 aromatic heterocycles. The number of aliphatic carboxylic acids is 2. The Hall–Kier alpha value is -3.12. The van der Waals surface area contributed by atoms with Gasteiger partial charge in [-0.25, -0.2) is 0 Å². The lowest BCUT2D eigenvalue weighted by Gasteiger charge is -2.35. The summed E-state index contributed by atoms with van der Waals surface area (Å²) < 4.78 is 5.94. The molecule has 0 spiro atoms. The van der Waals surface area contributed by atoms with Crippen molar-refractivity contribution in [2.75, 3.05) is 6.61 Å². The molecule has 0 amide bonds. The first-order valence-electron chi connectivity index (χ1n) is 10.6. The number of nitrogens with one attached hydrogen (secondary N) is 1. The molecule has 2 heterocycles. The number of aryl methyl sites for hydroxylation is 1. The molecule has 0 aliphatic carbocycles. The maximum atomic E-state index is 11.3. The van der Waals surface area contributed by atoms with E-state index < -0.39 is 17.5 Å². The molecule has 6 nitrogen and oxygen atoms in total. The zero-order valence-electron chi connectivity index (χ0n) is 18.0. The average Bonchev–Trinajstić information content (AvgIpc) is 3.14. The van der Waals surface area contributed by atoms with E-state index in [-0.39, 0.29) is 12.8 Å². The Morgan fingerprint density at radius 1 is 1.03 bits per heavy atom. The summed E-state index contributed by atoms with van der Waals surface area (Å²) in [4.78, 5) is 24.9. The van der Waals surface area contributed by atoms with E-state index in [4.69, 9.17) is 9.84 Å². The second-order valence-corrected chi connectivity index (χ2v) is 7.74. The van der Waals surface area contributed by atoms with Gasteiger partial charge >= 0.3 is 11.9 Å². The quantitative estimate of drug-likeness (QED) is 0.534. The van der Waals surface area contributed by atoms with Gasteiger partial charge < -0.3 is 19.9 Å². The number of benzene rings is 2. The number of ether oxygens (including phenoxy) is 1. The van der Waals surface area contributed by atoms with Gasteiger partial charge in [0.15, 0.2) is 0 Å². The lowest BCUT2D eigenvalue weighted by Crippen LogP contribution is -2.37. The monoisotopic (exact) mass is 423 g/mol. The summed E-state index contributed by atoms with van der Waals surface area (Å²) in [6, 6.07) is 15.5. The van der Waals surface area contributed by atoms with Gasteiger partial charge in [0.2, 0.25) is 0 Å². The van der Waals surface area contributed by atoms with Crippen LogP contribution in [-0.2, 0) is 39.2 Å². The summed E-state index contributed by atoms with van der Waals surface area (Å²) in [6.07, 6.45) is 2.56. The summed E-state index contributed by atoms with van der Waals surface area (Å²) in [5.41, 5.74) is 4.73. The Labute approximate surface area is 181 Å². The van der Waals surface area contributed by atoms with Crippen molar-refractivity contribution in [1.82, 2.24) is 4.98 Å². The third-order valence-electron chi connectivity index (χ3n) is 5.80. The number of hydrogen-bond acceptors (Lipinski definition) is 3. The predicted octanol–water partition coefficient (Wildman–Crippen LogP) is 4.70. The molecular formula is C25H29NO5. The number of para-hydroxylation sites is 1. The number of aromatic amines is 1. The number of H-pyrrole nitrogens is 1. The van der Waals surface area contributed by atoms with Crippen molar-refractivity contribution in [1.29, 1.82) is 0 Å². The first-order valence-corrected chi connectivity index (χ1v) is 10.6. The molecule has 0 bridgehead atoms. The number of hydrogen-bond donors (Lipinski definition) is 3. The summed E-state index contributed by atoms with van der Waals surface area (Å²) in [5, 5.41) is 18.9. The highest BCUT2D eigenvalue weighted by molar-refractivity contribution is 5.88. The minimum Gasteiger partial charge on any atom is -0.481 e. The van der Waals surface area contributed by atoms with Crippen LogP contribution >= 0.6 is 0 Å². The highest BCUT2D eigenvalue weighted by atomic mass is 16.5. The zero-order valence-corrected chi connectivity index (χ0v) is 18.0. The van der Waals surface area contributed by atoms with Gasteiger partial charge in [-0.15, -0.1) is 0 Å². The second kappa shape index (κ2) is 9.79. The molecule has 6 heteroatoms. The molecule has 1 aliphatic heterocycles. The summed E-state index contributed by atoms with van der Waals surface area (Å²) in [7, 11) is 0. The Kier molecular flexibility index (Phi) is 7.13. The summed E-state index contributed by atoms with van der Waals surface area (Å²) in [6.45, 7) is 4.71. The maximum Gasteiger partial charge on any atom is 0.307 e. The van der Waals surface area contributed by atoms with E-state index in [1.165, 1.54) is 16.5 Å². The van der Waals surface area contributed by atoms with E-state index in [2.05, 4.69) is 30.1 Å². The van der Waals surface area contributed by atoms with Crippen LogP contribution in [0.15, 0.2) is 48.5 Å².